The molecule has 0 spiro atoms. The van der Waals surface area contributed by atoms with Crippen molar-refractivity contribution in [2.75, 3.05) is 0 Å². The Morgan fingerprint density at radius 2 is 2.00 bits per heavy atom. The number of nitrogens with one attached hydrogen (secondary N) is 1. The number of hydroxylamine groups is 2. The zero-order chi connectivity index (χ0) is 20.3. The zero-order valence-electron chi connectivity index (χ0n) is 16.0. The summed E-state index contributed by atoms with van der Waals surface area (Å²) in [4.78, 5) is 12.7. The van der Waals surface area contributed by atoms with Gasteiger partial charge in [0.1, 0.15) is 0 Å². The Morgan fingerprint density at radius 1 is 1.36 bits per heavy atom. The smallest absolute Gasteiger partial charge is 0.333 e. The molecule has 1 heterocycles. The molecule has 1 aliphatic heterocycles. The lowest BCUT2D eigenvalue weighted by Crippen LogP contribution is -2.57. The summed E-state index contributed by atoms with van der Waals surface area (Å²) in [6, 6.07) is 6.82. The highest BCUT2D eigenvalue weighted by Gasteiger charge is 2.50. The lowest BCUT2D eigenvalue weighted by molar-refractivity contribution is -0.119. The van der Waals surface area contributed by atoms with Crippen molar-refractivity contribution >= 4 is 52.1 Å². The van der Waals surface area contributed by atoms with Crippen LogP contribution in [0.15, 0.2) is 29.4 Å². The summed E-state index contributed by atoms with van der Waals surface area (Å²) in [7, 11) is 0. The fourth-order valence-electron chi connectivity index (χ4n) is 3.50. The summed E-state index contributed by atoms with van der Waals surface area (Å²) >= 11 is 12.8. The first kappa shape index (κ1) is 21.4. The first-order valence-corrected chi connectivity index (χ1v) is 11.0. The Morgan fingerprint density at radius 3 is 2.64 bits per heavy atom. The Labute approximate surface area is 180 Å². The van der Waals surface area contributed by atoms with Crippen molar-refractivity contribution in [3.8, 4) is 0 Å². The second-order valence-corrected chi connectivity index (χ2v) is 10.3. The SMILES string of the molecule is CC1(C)SC(=S)N(/N=C\c2ccc(Cl)cc2)[C@@H]1N(O)C(=O)NC1CCCCC1. The van der Waals surface area contributed by atoms with Gasteiger partial charge in [-0.25, -0.2) is 9.80 Å². The van der Waals surface area contributed by atoms with Gasteiger partial charge in [0.2, 0.25) is 0 Å². The average Bonchev–Trinajstić information content (AvgIpc) is 2.89. The summed E-state index contributed by atoms with van der Waals surface area (Å²) in [5.41, 5.74) is 0.844. The van der Waals surface area contributed by atoms with E-state index in [-0.39, 0.29) is 6.04 Å². The summed E-state index contributed by atoms with van der Waals surface area (Å²) in [5, 5.41) is 21.0. The van der Waals surface area contributed by atoms with E-state index in [0.29, 0.717) is 9.34 Å². The fourth-order valence-corrected chi connectivity index (χ4v) is 5.42. The molecular formula is C19H25ClN4O2S2. The van der Waals surface area contributed by atoms with Gasteiger partial charge in [-0.15, -0.1) is 0 Å². The molecule has 6 nitrogen and oxygen atoms in total. The van der Waals surface area contributed by atoms with Gasteiger partial charge in [0, 0.05) is 11.1 Å². The maximum absolute atomic E-state index is 12.7. The number of carbonyl (C=O) groups is 1. The van der Waals surface area contributed by atoms with Gasteiger partial charge in [-0.3, -0.25) is 5.21 Å². The van der Waals surface area contributed by atoms with Gasteiger partial charge in [0.25, 0.3) is 0 Å². The average molecular weight is 441 g/mol. The third-order valence-corrected chi connectivity index (χ3v) is 6.75. The number of halogens is 1. The van der Waals surface area contributed by atoms with Crippen LogP contribution in [0.5, 0.6) is 0 Å². The third-order valence-electron chi connectivity index (χ3n) is 4.96. The van der Waals surface area contributed by atoms with Crippen molar-refractivity contribution < 1.29 is 10.0 Å². The van der Waals surface area contributed by atoms with Crippen LogP contribution >= 0.6 is 35.6 Å². The minimum Gasteiger partial charge on any atom is -0.333 e. The number of thioether (sulfide) groups is 1. The Kier molecular flexibility index (Phi) is 6.85. The molecule has 2 fully saturated rings. The highest BCUT2D eigenvalue weighted by molar-refractivity contribution is 8.24. The van der Waals surface area contributed by atoms with Crippen LogP contribution in [0.25, 0.3) is 0 Å². The van der Waals surface area contributed by atoms with Crippen LogP contribution in [0.2, 0.25) is 5.02 Å². The molecule has 0 unspecified atom stereocenters. The monoisotopic (exact) mass is 440 g/mol. The quantitative estimate of drug-likeness (QED) is 0.303. The third kappa shape index (κ3) is 4.97. The largest absolute Gasteiger partial charge is 0.343 e. The molecule has 28 heavy (non-hydrogen) atoms. The number of carbonyl (C=O) groups excluding carboxylic acids is 1. The molecule has 1 aliphatic carbocycles. The Bertz CT molecular complexity index is 751. The fraction of sp³-hybridized carbons (Fsp3) is 0.526. The molecule has 9 heteroatoms. The van der Waals surface area contributed by atoms with E-state index in [2.05, 4.69) is 10.4 Å². The van der Waals surface area contributed by atoms with Crippen LogP contribution in [0.4, 0.5) is 4.79 Å². The highest BCUT2D eigenvalue weighted by Crippen LogP contribution is 2.42. The number of amides is 2. The van der Waals surface area contributed by atoms with Gasteiger partial charge < -0.3 is 5.32 Å². The Hall–Kier alpha value is -1.35. The van der Waals surface area contributed by atoms with Crippen LogP contribution in [0.1, 0.15) is 51.5 Å². The number of thiocarbonyl (C=S) groups is 1. The second kappa shape index (κ2) is 8.98. The van der Waals surface area contributed by atoms with Gasteiger partial charge in [-0.2, -0.15) is 10.2 Å². The van der Waals surface area contributed by atoms with Crippen LogP contribution in [0.3, 0.4) is 0 Å². The van der Waals surface area contributed by atoms with Crippen molar-refractivity contribution in [1.82, 2.24) is 15.4 Å². The van der Waals surface area contributed by atoms with Crippen LogP contribution < -0.4 is 5.32 Å². The number of nitrogens with zero attached hydrogens (tertiary/aromatic N) is 3. The van der Waals surface area contributed by atoms with Crippen molar-refractivity contribution in [1.29, 1.82) is 0 Å². The molecule has 2 N–H and O–H groups in total. The standard InChI is InChI=1S/C19H25ClN4O2S2/c1-19(2)16(24(26)17(25)22-15-6-4-3-5-7-15)23(18(27)28-19)21-12-13-8-10-14(20)11-9-13/h8-12,15-16,26H,3-7H2,1-2H3,(H,22,25)/b21-12-/t16-/m1/s1. The summed E-state index contributed by atoms with van der Waals surface area (Å²) < 4.78 is -0.0164. The topological polar surface area (TPSA) is 68.2 Å². The number of urea groups is 1. The molecule has 1 aromatic carbocycles. The molecular weight excluding hydrogens is 416 g/mol. The van der Waals surface area contributed by atoms with E-state index in [1.165, 1.54) is 23.2 Å². The molecule has 0 aromatic heterocycles. The van der Waals surface area contributed by atoms with Crippen molar-refractivity contribution in [2.45, 2.75) is 62.9 Å². The number of hydrazone groups is 1. The molecule has 152 valence electrons. The first-order valence-electron chi connectivity index (χ1n) is 9.38. The first-order chi connectivity index (χ1) is 13.3. The molecule has 1 atom stereocenters. The van der Waals surface area contributed by atoms with Crippen LogP contribution in [-0.2, 0) is 0 Å². The maximum atomic E-state index is 12.7. The van der Waals surface area contributed by atoms with Crippen molar-refractivity contribution in [3.63, 3.8) is 0 Å². The summed E-state index contributed by atoms with van der Waals surface area (Å²) in [6.45, 7) is 3.87. The number of hydrogen-bond acceptors (Lipinski definition) is 5. The molecule has 2 aliphatic rings. The predicted molar refractivity (Wildman–Crippen MR) is 118 cm³/mol. The lowest BCUT2D eigenvalue weighted by Gasteiger charge is -2.35. The number of benzene rings is 1. The number of hydrogen-bond donors (Lipinski definition) is 2. The van der Waals surface area contributed by atoms with Crippen molar-refractivity contribution in [2.24, 2.45) is 5.10 Å². The van der Waals surface area contributed by atoms with E-state index in [4.69, 9.17) is 23.8 Å². The lowest BCUT2D eigenvalue weighted by atomic mass is 9.96. The molecule has 1 aromatic rings. The summed E-state index contributed by atoms with van der Waals surface area (Å²) in [6.07, 6.45) is 6.22. The summed E-state index contributed by atoms with van der Waals surface area (Å²) in [5.74, 6) is 0. The normalized spacial score (nSPS) is 22.6. The minimum atomic E-state index is -0.711. The van der Waals surface area contributed by atoms with Gasteiger partial charge in [-0.1, -0.05) is 67.0 Å². The zero-order valence-corrected chi connectivity index (χ0v) is 18.4. The molecule has 1 saturated heterocycles. The molecule has 2 amide bonds. The van der Waals surface area contributed by atoms with Gasteiger partial charge in [-0.05, 0) is 44.4 Å². The molecule has 0 bridgehead atoms. The van der Waals surface area contributed by atoms with E-state index >= 15 is 0 Å². The highest BCUT2D eigenvalue weighted by atomic mass is 35.5. The molecule has 0 radical (unpaired) electrons. The number of rotatable bonds is 4. The van der Waals surface area contributed by atoms with Gasteiger partial charge >= 0.3 is 6.03 Å². The second-order valence-electron chi connectivity index (χ2n) is 7.61. The van der Waals surface area contributed by atoms with E-state index in [0.717, 1.165) is 36.3 Å². The molecule has 1 saturated carbocycles. The maximum Gasteiger partial charge on any atom is 0.343 e. The van der Waals surface area contributed by atoms with Gasteiger partial charge in [0.15, 0.2) is 10.5 Å². The van der Waals surface area contributed by atoms with Crippen LogP contribution in [-0.4, -0.2) is 48.8 Å². The van der Waals surface area contributed by atoms with E-state index in [9.17, 15) is 10.0 Å². The Balaban J connectivity index is 1.75. The van der Waals surface area contributed by atoms with Crippen LogP contribution in [0, 0.1) is 0 Å². The minimum absolute atomic E-state index is 0.103. The molecule has 3 rings (SSSR count). The van der Waals surface area contributed by atoms with E-state index in [1.807, 2.05) is 26.0 Å². The van der Waals surface area contributed by atoms with Crippen molar-refractivity contribution in [3.05, 3.63) is 34.9 Å². The van der Waals surface area contributed by atoms with E-state index in [1.54, 1.807) is 18.3 Å². The predicted octanol–water partition coefficient (Wildman–Crippen LogP) is 4.85. The van der Waals surface area contributed by atoms with E-state index < -0.39 is 16.9 Å². The van der Waals surface area contributed by atoms with Gasteiger partial charge in [0.05, 0.1) is 11.0 Å².